The number of rotatable bonds is 4. The average molecular weight is 386 g/mol. The van der Waals surface area contributed by atoms with Crippen molar-refractivity contribution in [2.75, 3.05) is 10.6 Å². The first-order chi connectivity index (χ1) is 12.5. The second-order valence-electron chi connectivity index (χ2n) is 5.64. The van der Waals surface area contributed by atoms with E-state index >= 15 is 0 Å². The van der Waals surface area contributed by atoms with E-state index in [2.05, 4.69) is 15.6 Å². The van der Waals surface area contributed by atoms with Gasteiger partial charge in [-0.2, -0.15) is 0 Å². The predicted octanol–water partition coefficient (Wildman–Crippen LogP) is 4.92. The van der Waals surface area contributed by atoms with E-state index in [0.717, 1.165) is 16.9 Å². The van der Waals surface area contributed by atoms with Crippen molar-refractivity contribution in [1.82, 2.24) is 4.98 Å². The highest BCUT2D eigenvalue weighted by Gasteiger charge is 2.18. The fraction of sp³-hybridized carbons (Fsp3) is 0.105. The van der Waals surface area contributed by atoms with Crippen LogP contribution < -0.4 is 10.6 Å². The van der Waals surface area contributed by atoms with E-state index in [9.17, 15) is 9.59 Å². The molecule has 132 valence electrons. The van der Waals surface area contributed by atoms with Crippen molar-refractivity contribution in [3.05, 3.63) is 75.3 Å². The van der Waals surface area contributed by atoms with Crippen LogP contribution in [0.25, 0.3) is 0 Å². The number of carbonyl (C=O) groups is 2. The van der Waals surface area contributed by atoms with E-state index in [4.69, 9.17) is 11.6 Å². The summed E-state index contributed by atoms with van der Waals surface area (Å²) in [5, 5.41) is 6.34. The van der Waals surface area contributed by atoms with Crippen molar-refractivity contribution >= 4 is 45.6 Å². The lowest BCUT2D eigenvalue weighted by Gasteiger charge is -2.05. The molecule has 0 spiro atoms. The Morgan fingerprint density at radius 2 is 1.65 bits per heavy atom. The molecular weight excluding hydrogens is 370 g/mol. The Morgan fingerprint density at radius 3 is 2.38 bits per heavy atom. The van der Waals surface area contributed by atoms with Crippen LogP contribution in [-0.2, 0) is 0 Å². The largest absolute Gasteiger partial charge is 0.320 e. The summed E-state index contributed by atoms with van der Waals surface area (Å²) in [6, 6.07) is 14.3. The summed E-state index contributed by atoms with van der Waals surface area (Å²) in [7, 11) is 0. The average Bonchev–Trinajstić information content (AvgIpc) is 2.97. The quantitative estimate of drug-likeness (QED) is 0.669. The molecule has 0 fully saturated rings. The van der Waals surface area contributed by atoms with Gasteiger partial charge in [-0.1, -0.05) is 53.3 Å². The van der Waals surface area contributed by atoms with Crippen LogP contribution in [0.3, 0.4) is 0 Å². The minimum atomic E-state index is -0.315. The van der Waals surface area contributed by atoms with Crippen LogP contribution in [0.2, 0.25) is 5.02 Å². The number of halogens is 1. The SMILES string of the molecule is Cc1ccccc1C(=O)Nc1nc(C)c(C(=O)Nc2ccccc2Cl)s1. The van der Waals surface area contributed by atoms with E-state index in [1.54, 1.807) is 43.3 Å². The number of aryl methyl sites for hydroxylation is 2. The number of carbonyl (C=O) groups excluding carboxylic acids is 2. The van der Waals surface area contributed by atoms with Gasteiger partial charge >= 0.3 is 0 Å². The monoisotopic (exact) mass is 385 g/mol. The molecule has 0 unspecified atom stereocenters. The number of aromatic nitrogens is 1. The molecule has 0 saturated heterocycles. The molecule has 2 amide bonds. The summed E-state index contributed by atoms with van der Waals surface area (Å²) < 4.78 is 0. The van der Waals surface area contributed by atoms with Gasteiger partial charge in [-0.25, -0.2) is 4.98 Å². The lowest BCUT2D eigenvalue weighted by atomic mass is 10.1. The first kappa shape index (κ1) is 18.1. The van der Waals surface area contributed by atoms with Crippen LogP contribution in [0.5, 0.6) is 0 Å². The molecule has 1 heterocycles. The minimum absolute atomic E-state index is 0.255. The Morgan fingerprint density at radius 1 is 0.962 bits per heavy atom. The summed E-state index contributed by atoms with van der Waals surface area (Å²) in [4.78, 5) is 29.6. The molecule has 2 aromatic carbocycles. The number of anilines is 2. The molecule has 0 radical (unpaired) electrons. The topological polar surface area (TPSA) is 71.1 Å². The molecule has 0 bridgehead atoms. The highest BCUT2D eigenvalue weighted by Crippen LogP contribution is 2.26. The molecule has 7 heteroatoms. The Balaban J connectivity index is 1.77. The number of nitrogens with zero attached hydrogens (tertiary/aromatic N) is 1. The summed E-state index contributed by atoms with van der Waals surface area (Å²) in [5.74, 6) is -0.570. The lowest BCUT2D eigenvalue weighted by molar-refractivity contribution is 0.101. The zero-order valence-corrected chi connectivity index (χ0v) is 15.7. The van der Waals surface area contributed by atoms with Crippen LogP contribution in [0.1, 0.15) is 31.3 Å². The smallest absolute Gasteiger partial charge is 0.267 e. The Hall–Kier alpha value is -2.70. The van der Waals surface area contributed by atoms with Gasteiger partial charge in [0.1, 0.15) is 4.88 Å². The normalized spacial score (nSPS) is 10.4. The molecule has 1 aromatic heterocycles. The van der Waals surface area contributed by atoms with E-state index in [0.29, 0.717) is 32.0 Å². The van der Waals surface area contributed by atoms with Crippen molar-refractivity contribution < 1.29 is 9.59 Å². The van der Waals surface area contributed by atoms with Gasteiger partial charge in [-0.3, -0.25) is 14.9 Å². The number of amides is 2. The molecule has 2 N–H and O–H groups in total. The number of nitrogens with one attached hydrogen (secondary N) is 2. The van der Waals surface area contributed by atoms with Crippen LogP contribution in [0.4, 0.5) is 10.8 Å². The Kier molecular flexibility index (Phi) is 5.35. The molecule has 0 aliphatic rings. The zero-order chi connectivity index (χ0) is 18.7. The maximum atomic E-state index is 12.5. The number of hydrogen-bond acceptors (Lipinski definition) is 4. The predicted molar refractivity (Wildman–Crippen MR) is 105 cm³/mol. The van der Waals surface area contributed by atoms with Crippen LogP contribution in [-0.4, -0.2) is 16.8 Å². The highest BCUT2D eigenvalue weighted by molar-refractivity contribution is 7.17. The van der Waals surface area contributed by atoms with Gasteiger partial charge in [0.05, 0.1) is 16.4 Å². The van der Waals surface area contributed by atoms with Gasteiger partial charge in [0.25, 0.3) is 11.8 Å². The van der Waals surface area contributed by atoms with E-state index in [1.807, 2.05) is 19.1 Å². The molecule has 5 nitrogen and oxygen atoms in total. The fourth-order valence-corrected chi connectivity index (χ4v) is 3.43. The molecule has 3 aromatic rings. The second-order valence-corrected chi connectivity index (χ2v) is 7.04. The molecule has 0 saturated carbocycles. The third-order valence-corrected chi connectivity index (χ3v) is 5.14. The number of benzene rings is 2. The standard InChI is InChI=1S/C19H16ClN3O2S/c1-11-7-3-4-8-13(11)17(24)23-19-21-12(2)16(26-19)18(25)22-15-10-6-5-9-14(15)20/h3-10H,1-2H3,(H,22,25)(H,21,23,24). The summed E-state index contributed by atoms with van der Waals surface area (Å²) in [6.45, 7) is 3.59. The molecule has 26 heavy (non-hydrogen) atoms. The maximum Gasteiger partial charge on any atom is 0.267 e. The molecule has 0 aliphatic carbocycles. The first-order valence-electron chi connectivity index (χ1n) is 7.86. The summed E-state index contributed by atoms with van der Waals surface area (Å²) in [6.07, 6.45) is 0. The third-order valence-electron chi connectivity index (χ3n) is 3.74. The molecule has 3 rings (SSSR count). The number of para-hydroxylation sites is 1. The van der Waals surface area contributed by atoms with Gasteiger partial charge in [0.15, 0.2) is 5.13 Å². The zero-order valence-electron chi connectivity index (χ0n) is 14.2. The van der Waals surface area contributed by atoms with Gasteiger partial charge < -0.3 is 5.32 Å². The lowest BCUT2D eigenvalue weighted by Crippen LogP contribution is -2.13. The van der Waals surface area contributed by atoms with Crippen molar-refractivity contribution in [1.29, 1.82) is 0 Å². The van der Waals surface area contributed by atoms with Gasteiger partial charge in [0.2, 0.25) is 0 Å². The van der Waals surface area contributed by atoms with Crippen molar-refractivity contribution in [3.8, 4) is 0 Å². The summed E-state index contributed by atoms with van der Waals surface area (Å²) in [5.41, 5.74) is 2.51. The van der Waals surface area contributed by atoms with Crippen LogP contribution in [0.15, 0.2) is 48.5 Å². The number of thiazole rings is 1. The van der Waals surface area contributed by atoms with E-state index < -0.39 is 0 Å². The van der Waals surface area contributed by atoms with E-state index in [-0.39, 0.29) is 11.8 Å². The van der Waals surface area contributed by atoms with Gasteiger partial charge in [-0.05, 0) is 37.6 Å². The third kappa shape index (κ3) is 3.92. The highest BCUT2D eigenvalue weighted by atomic mass is 35.5. The Bertz CT molecular complexity index is 984. The Labute approximate surface area is 160 Å². The van der Waals surface area contributed by atoms with Crippen molar-refractivity contribution in [2.24, 2.45) is 0 Å². The first-order valence-corrected chi connectivity index (χ1v) is 9.05. The summed E-state index contributed by atoms with van der Waals surface area (Å²) >= 11 is 7.19. The fourth-order valence-electron chi connectivity index (χ4n) is 2.39. The van der Waals surface area contributed by atoms with Gasteiger partial charge in [-0.15, -0.1) is 0 Å². The maximum absolute atomic E-state index is 12.5. The minimum Gasteiger partial charge on any atom is -0.320 e. The van der Waals surface area contributed by atoms with Crippen LogP contribution >= 0.6 is 22.9 Å². The molecule has 0 atom stereocenters. The molecule has 0 aliphatic heterocycles. The van der Waals surface area contributed by atoms with Crippen molar-refractivity contribution in [3.63, 3.8) is 0 Å². The van der Waals surface area contributed by atoms with Crippen LogP contribution in [0, 0.1) is 13.8 Å². The second kappa shape index (κ2) is 7.68. The van der Waals surface area contributed by atoms with Crippen molar-refractivity contribution in [2.45, 2.75) is 13.8 Å². The number of hydrogen-bond donors (Lipinski definition) is 2. The van der Waals surface area contributed by atoms with E-state index in [1.165, 1.54) is 0 Å². The van der Waals surface area contributed by atoms with Gasteiger partial charge in [0, 0.05) is 5.56 Å². The molecular formula is C19H16ClN3O2S.